The molecule has 6 heteroatoms. The number of nitrogens with zero attached hydrogens (tertiary/aromatic N) is 1. The van der Waals surface area contributed by atoms with Gasteiger partial charge < -0.3 is 15.0 Å². The molecule has 0 spiro atoms. The summed E-state index contributed by atoms with van der Waals surface area (Å²) in [5.41, 5.74) is 0. The number of rotatable bonds is 0. The zero-order chi connectivity index (χ0) is 6.53. The minimum atomic E-state index is 0.869. The summed E-state index contributed by atoms with van der Waals surface area (Å²) in [6.45, 7) is 1.84. The van der Waals surface area contributed by atoms with E-state index in [2.05, 4.69) is 22.2 Å². The monoisotopic (exact) mass is 119 g/mol. The second kappa shape index (κ2) is 3.49. The summed E-state index contributed by atoms with van der Waals surface area (Å²) in [4.78, 5) is 0. The Labute approximate surface area is 57.4 Å². The van der Waals surface area contributed by atoms with E-state index in [0.717, 1.165) is 22.6 Å². The zero-order valence-corrected chi connectivity index (χ0v) is 5.57. The van der Waals surface area contributed by atoms with Crippen LogP contribution in [0.4, 0.5) is 0 Å². The molecule has 1 rings (SSSR count). The maximum atomic E-state index is 3.13. The van der Waals surface area contributed by atoms with E-state index in [0.29, 0.717) is 0 Å². The Balaban J connectivity index is 2.28. The lowest BCUT2D eigenvalue weighted by Crippen LogP contribution is -2.56. The van der Waals surface area contributed by atoms with Crippen molar-refractivity contribution in [1.82, 2.24) is 15.0 Å². The van der Waals surface area contributed by atoms with Gasteiger partial charge in [0, 0.05) is 0 Å². The molecule has 1 fully saturated rings. The minimum absolute atomic E-state index is 0.869. The summed E-state index contributed by atoms with van der Waals surface area (Å²) >= 11 is 0. The molecule has 3 nitrogen and oxygen atoms in total. The van der Waals surface area contributed by atoms with Crippen LogP contribution in [-0.4, -0.2) is 27.4 Å². The van der Waals surface area contributed by atoms with Gasteiger partial charge in [0.15, 0.2) is 0 Å². The second-order valence-electron chi connectivity index (χ2n) is 1.89. The molecule has 1 saturated heterocycles. The molecule has 9 heavy (non-hydrogen) atoms. The predicted molar refractivity (Wildman–Crippen MR) is 43.0 cm³/mol. The minimum Gasteiger partial charge on any atom is -0.398 e. The Hall–Kier alpha value is -0.525. The van der Waals surface area contributed by atoms with Crippen LogP contribution in [0.5, 0.6) is 0 Å². The number of nitrogens with one attached hydrogen (secondary N) is 2. The molecule has 44 valence electrons. The van der Waals surface area contributed by atoms with E-state index in [4.69, 9.17) is 0 Å². The van der Waals surface area contributed by atoms with Crippen LogP contribution in [-0.2, 0) is 0 Å². The van der Waals surface area contributed by atoms with Gasteiger partial charge in [0.05, 0.1) is 0 Å². The summed E-state index contributed by atoms with van der Waals surface area (Å²) in [5, 5.41) is 6.26. The third kappa shape index (κ3) is 2.04. The van der Waals surface area contributed by atoms with E-state index in [1.165, 1.54) is 0 Å². The smallest absolute Gasteiger partial charge is 0.306 e. The Morgan fingerprint density at radius 2 is 2.00 bits per heavy atom. The first-order chi connectivity index (χ1) is 4.43. The molecular formula is C3H8B3N3. The standard InChI is InChI=1S/C3H8B3N3/c1-2-3-9-5-7-4-8-6-9/h4-8H,1H3. The normalized spacial score (nSPS) is 15.9. The molecule has 1 aliphatic heterocycles. The molecule has 2 N–H and O–H groups in total. The first-order valence-electron chi connectivity index (χ1n) is 3.02. The Morgan fingerprint density at radius 1 is 1.33 bits per heavy atom. The van der Waals surface area contributed by atoms with E-state index in [9.17, 15) is 0 Å². The van der Waals surface area contributed by atoms with Crippen LogP contribution >= 0.6 is 0 Å². The van der Waals surface area contributed by atoms with Crippen molar-refractivity contribution >= 4 is 22.6 Å². The largest absolute Gasteiger partial charge is 0.398 e. The van der Waals surface area contributed by atoms with Crippen LogP contribution in [0.25, 0.3) is 0 Å². The molecule has 0 amide bonds. The molecular weight excluding hydrogens is 110 g/mol. The molecule has 1 heterocycles. The topological polar surface area (TPSA) is 27.3 Å². The molecule has 0 radical (unpaired) electrons. The fourth-order valence-corrected chi connectivity index (χ4v) is 0.763. The summed E-state index contributed by atoms with van der Waals surface area (Å²) < 4.78 is 1.99. The first kappa shape index (κ1) is 6.59. The molecule has 0 atom stereocenters. The lowest BCUT2D eigenvalue weighted by molar-refractivity contribution is 0.931. The molecule has 0 aromatic rings. The quantitative estimate of drug-likeness (QED) is 0.267. The van der Waals surface area contributed by atoms with Crippen LogP contribution in [0, 0.1) is 12.0 Å². The second-order valence-corrected chi connectivity index (χ2v) is 1.89. The van der Waals surface area contributed by atoms with Crippen LogP contribution in [0.15, 0.2) is 0 Å². The van der Waals surface area contributed by atoms with Crippen molar-refractivity contribution in [2.24, 2.45) is 0 Å². The predicted octanol–water partition coefficient (Wildman–Crippen LogP) is -2.74. The van der Waals surface area contributed by atoms with Gasteiger partial charge in [-0.1, -0.05) is 5.92 Å². The fraction of sp³-hybridized carbons (Fsp3) is 0.333. The van der Waals surface area contributed by atoms with E-state index in [1.54, 1.807) is 0 Å². The fourth-order valence-electron chi connectivity index (χ4n) is 0.763. The molecule has 0 unspecified atom stereocenters. The van der Waals surface area contributed by atoms with Gasteiger partial charge in [0.25, 0.3) is 7.55 Å². The highest BCUT2D eigenvalue weighted by Crippen LogP contribution is 1.75. The Bertz CT molecular complexity index is 133. The molecule has 0 aromatic heterocycles. The first-order valence-corrected chi connectivity index (χ1v) is 3.02. The highest BCUT2D eigenvalue weighted by atomic mass is 15.1. The molecule has 1 aliphatic rings. The van der Waals surface area contributed by atoms with Gasteiger partial charge >= 0.3 is 15.1 Å². The Morgan fingerprint density at radius 3 is 2.56 bits per heavy atom. The van der Waals surface area contributed by atoms with Gasteiger partial charge in [-0.25, -0.2) is 0 Å². The van der Waals surface area contributed by atoms with E-state index < -0.39 is 0 Å². The maximum Gasteiger partial charge on any atom is 0.306 e. The highest BCUT2D eigenvalue weighted by Gasteiger charge is 2.08. The highest BCUT2D eigenvalue weighted by molar-refractivity contribution is 6.65. The van der Waals surface area contributed by atoms with E-state index in [-0.39, 0.29) is 0 Å². The molecule has 0 aliphatic carbocycles. The Kier molecular flexibility index (Phi) is 2.56. The van der Waals surface area contributed by atoms with Crippen LogP contribution in [0.2, 0.25) is 0 Å². The van der Waals surface area contributed by atoms with Gasteiger partial charge in [-0.2, -0.15) is 0 Å². The van der Waals surface area contributed by atoms with E-state index >= 15 is 0 Å². The summed E-state index contributed by atoms with van der Waals surface area (Å²) in [7, 11) is 2.63. The summed E-state index contributed by atoms with van der Waals surface area (Å²) in [6, 6.07) is 2.94. The average Bonchev–Trinajstić information content (AvgIpc) is 1.91. The molecule has 0 bridgehead atoms. The third-order valence-electron chi connectivity index (χ3n) is 1.13. The van der Waals surface area contributed by atoms with Crippen molar-refractivity contribution in [2.45, 2.75) is 6.92 Å². The van der Waals surface area contributed by atoms with Crippen LogP contribution < -0.4 is 10.3 Å². The van der Waals surface area contributed by atoms with Gasteiger partial charge in [-0.15, -0.1) is 0 Å². The van der Waals surface area contributed by atoms with Crippen LogP contribution in [0.1, 0.15) is 6.92 Å². The molecule has 0 aromatic carbocycles. The van der Waals surface area contributed by atoms with Crippen molar-refractivity contribution < 1.29 is 0 Å². The summed E-state index contributed by atoms with van der Waals surface area (Å²) in [6.07, 6.45) is 0. The van der Waals surface area contributed by atoms with Crippen molar-refractivity contribution in [2.75, 3.05) is 0 Å². The van der Waals surface area contributed by atoms with Gasteiger partial charge in [-0.05, 0) is 13.0 Å². The zero-order valence-electron chi connectivity index (χ0n) is 5.57. The molecule has 0 saturated carbocycles. The lowest BCUT2D eigenvalue weighted by Gasteiger charge is -2.20. The number of hydrogen-bond acceptors (Lipinski definition) is 3. The van der Waals surface area contributed by atoms with Crippen LogP contribution in [0.3, 0.4) is 0 Å². The maximum absolute atomic E-state index is 3.13. The lowest BCUT2D eigenvalue weighted by atomic mass is 9.82. The average molecular weight is 119 g/mol. The van der Waals surface area contributed by atoms with Crippen molar-refractivity contribution in [3.05, 3.63) is 0 Å². The van der Waals surface area contributed by atoms with Crippen molar-refractivity contribution in [3.63, 3.8) is 0 Å². The summed E-state index contributed by atoms with van der Waals surface area (Å²) in [5.74, 6) is 2.83. The van der Waals surface area contributed by atoms with E-state index in [1.807, 2.05) is 11.6 Å². The third-order valence-corrected chi connectivity index (χ3v) is 1.13. The van der Waals surface area contributed by atoms with Crippen molar-refractivity contribution in [1.29, 1.82) is 0 Å². The van der Waals surface area contributed by atoms with Gasteiger partial charge in [0.2, 0.25) is 0 Å². The number of hydrogen-bond donors (Lipinski definition) is 2. The van der Waals surface area contributed by atoms with Crippen molar-refractivity contribution in [3.8, 4) is 12.0 Å². The van der Waals surface area contributed by atoms with Gasteiger partial charge in [-0.3, -0.25) is 0 Å². The van der Waals surface area contributed by atoms with Gasteiger partial charge in [0.1, 0.15) is 0 Å². The SMILES string of the molecule is CC#CN1BNBNB1.